The molecule has 4 atom stereocenters. The molecule has 3 aromatic rings. The van der Waals surface area contributed by atoms with Crippen LogP contribution in [0.3, 0.4) is 0 Å². The van der Waals surface area contributed by atoms with Gasteiger partial charge in [-0.3, -0.25) is 9.59 Å². The fourth-order valence-corrected chi connectivity index (χ4v) is 6.52. The predicted octanol–water partition coefficient (Wildman–Crippen LogP) is 4.56. The molecule has 1 aromatic carbocycles. The molecule has 0 bridgehead atoms. The summed E-state index contributed by atoms with van der Waals surface area (Å²) in [6.07, 6.45) is 5.51. The van der Waals surface area contributed by atoms with Gasteiger partial charge in [-0.1, -0.05) is 52.0 Å². The maximum Gasteiger partial charge on any atom is 0.407 e. The molecule has 3 unspecified atom stereocenters. The molecule has 4 N–H and O–H groups in total. The quantitative estimate of drug-likeness (QED) is 0.245. The third-order valence-corrected chi connectivity index (χ3v) is 9.18. The number of amides is 4. The van der Waals surface area contributed by atoms with Gasteiger partial charge in [0.1, 0.15) is 23.7 Å². The summed E-state index contributed by atoms with van der Waals surface area (Å²) in [4.78, 5) is 70.4. The van der Waals surface area contributed by atoms with Gasteiger partial charge in [0.05, 0.1) is 50.1 Å². The highest BCUT2D eigenvalue weighted by Gasteiger charge is 2.39. The Bertz CT molecular complexity index is 1480. The number of aromatic amines is 2. The van der Waals surface area contributed by atoms with E-state index in [9.17, 15) is 19.2 Å². The average Bonchev–Trinajstić information content (AvgIpc) is 3.90. The highest BCUT2D eigenvalue weighted by molar-refractivity contribution is 5.87. The Labute approximate surface area is 280 Å². The number of benzene rings is 1. The van der Waals surface area contributed by atoms with E-state index in [1.165, 1.54) is 14.2 Å². The van der Waals surface area contributed by atoms with E-state index >= 15 is 0 Å². The van der Waals surface area contributed by atoms with Crippen molar-refractivity contribution in [3.05, 3.63) is 48.3 Å². The largest absolute Gasteiger partial charge is 0.453 e. The van der Waals surface area contributed by atoms with E-state index in [0.29, 0.717) is 24.7 Å². The van der Waals surface area contributed by atoms with Crippen molar-refractivity contribution in [1.82, 2.24) is 40.4 Å². The van der Waals surface area contributed by atoms with Crippen LogP contribution in [0.25, 0.3) is 22.5 Å². The van der Waals surface area contributed by atoms with Crippen LogP contribution < -0.4 is 10.6 Å². The number of hydrogen-bond donors (Lipinski definition) is 4. The lowest BCUT2D eigenvalue weighted by Crippen LogP contribution is -2.51. The summed E-state index contributed by atoms with van der Waals surface area (Å²) < 4.78 is 9.47. The minimum absolute atomic E-state index is 0.110. The zero-order chi connectivity index (χ0) is 34.5. The first-order valence-corrected chi connectivity index (χ1v) is 16.5. The number of nitrogens with one attached hydrogen (secondary N) is 4. The second-order valence-corrected chi connectivity index (χ2v) is 13.0. The van der Waals surface area contributed by atoms with E-state index in [4.69, 9.17) is 9.47 Å². The monoisotopic (exact) mass is 662 g/mol. The van der Waals surface area contributed by atoms with Gasteiger partial charge in [0.15, 0.2) is 0 Å². The zero-order valence-corrected chi connectivity index (χ0v) is 28.4. The molecule has 2 fully saturated rings. The van der Waals surface area contributed by atoms with Crippen molar-refractivity contribution in [1.29, 1.82) is 0 Å². The normalized spacial score (nSPS) is 19.0. The summed E-state index contributed by atoms with van der Waals surface area (Å²) in [6.45, 7) is 8.73. The Morgan fingerprint density at radius 3 is 1.42 bits per heavy atom. The van der Waals surface area contributed by atoms with Crippen molar-refractivity contribution in [2.75, 3.05) is 27.3 Å². The molecule has 2 aliphatic rings. The highest BCUT2D eigenvalue weighted by Crippen LogP contribution is 2.35. The van der Waals surface area contributed by atoms with E-state index in [0.717, 1.165) is 48.2 Å². The standard InChI is InChI=1S/C34H46N8O6/c1-19(2)27(39-33(45)47-5)31(43)41-15-7-9-25(41)29-35-17-23(37-29)21-11-13-22(14-12-21)24-18-36-30(38-24)26-10-8-16-42(26)32(44)28(20(3)4)40-34(46)48-6/h11-14,17-20,25-28H,7-10,15-16H2,1-6H3,(H,35,37)(H,36,38)(H,39,45)(H,40,46)/t25?,26?,27-,28?/m0/s1. The number of rotatable bonds is 10. The number of ether oxygens (including phenoxy) is 2. The van der Waals surface area contributed by atoms with Crippen LogP contribution in [0.5, 0.6) is 0 Å². The first-order valence-electron chi connectivity index (χ1n) is 16.5. The fourth-order valence-electron chi connectivity index (χ4n) is 6.52. The summed E-state index contributed by atoms with van der Waals surface area (Å²) in [5, 5.41) is 5.36. The van der Waals surface area contributed by atoms with Crippen LogP contribution in [0, 0.1) is 11.8 Å². The molecular formula is C34H46N8O6. The number of carbonyl (C=O) groups is 4. The van der Waals surface area contributed by atoms with Crippen molar-refractivity contribution >= 4 is 24.0 Å². The Hall–Kier alpha value is -4.88. The molecule has 2 saturated heterocycles. The first kappa shape index (κ1) is 34.5. The van der Waals surface area contributed by atoms with Crippen LogP contribution in [0.2, 0.25) is 0 Å². The Morgan fingerprint density at radius 2 is 1.08 bits per heavy atom. The van der Waals surface area contributed by atoms with E-state index in [-0.39, 0.29) is 35.7 Å². The number of hydrogen-bond acceptors (Lipinski definition) is 8. The number of likely N-dealkylation sites (tertiary alicyclic amines) is 2. The number of nitrogens with zero attached hydrogens (tertiary/aromatic N) is 4. The maximum absolute atomic E-state index is 13.5. The minimum atomic E-state index is -0.694. The predicted molar refractivity (Wildman–Crippen MR) is 177 cm³/mol. The molecular weight excluding hydrogens is 616 g/mol. The Balaban J connectivity index is 1.27. The van der Waals surface area contributed by atoms with Crippen LogP contribution in [0.1, 0.15) is 77.1 Å². The first-order chi connectivity index (χ1) is 23.0. The maximum atomic E-state index is 13.5. The van der Waals surface area contributed by atoms with Crippen molar-refractivity contribution in [2.45, 2.75) is 77.5 Å². The fraction of sp³-hybridized carbons (Fsp3) is 0.529. The number of carbonyl (C=O) groups excluding carboxylic acids is 4. The van der Waals surface area contributed by atoms with Crippen molar-refractivity contribution in [3.8, 4) is 22.5 Å². The van der Waals surface area contributed by atoms with Gasteiger partial charge in [0, 0.05) is 13.1 Å². The molecule has 2 aliphatic heterocycles. The molecule has 0 radical (unpaired) electrons. The molecule has 258 valence electrons. The van der Waals surface area contributed by atoms with E-state index < -0.39 is 24.3 Å². The lowest BCUT2D eigenvalue weighted by molar-refractivity contribution is -0.136. The Morgan fingerprint density at radius 1 is 0.708 bits per heavy atom. The number of H-pyrrole nitrogens is 2. The zero-order valence-electron chi connectivity index (χ0n) is 28.4. The van der Waals surface area contributed by atoms with Gasteiger partial charge in [0.2, 0.25) is 11.8 Å². The molecule has 14 nitrogen and oxygen atoms in total. The number of imidazole rings is 2. The second kappa shape index (κ2) is 14.9. The van der Waals surface area contributed by atoms with Crippen molar-refractivity contribution in [3.63, 3.8) is 0 Å². The van der Waals surface area contributed by atoms with Gasteiger partial charge in [0.25, 0.3) is 0 Å². The van der Waals surface area contributed by atoms with Crippen LogP contribution in [-0.2, 0) is 19.1 Å². The molecule has 0 spiro atoms. The van der Waals surface area contributed by atoms with Crippen molar-refractivity contribution in [2.24, 2.45) is 11.8 Å². The topological polar surface area (TPSA) is 175 Å². The molecule has 2 aromatic heterocycles. The van der Waals surface area contributed by atoms with Crippen LogP contribution in [0.15, 0.2) is 36.7 Å². The minimum Gasteiger partial charge on any atom is -0.453 e. The lowest BCUT2D eigenvalue weighted by atomic mass is 10.0. The molecule has 0 aliphatic carbocycles. The molecule has 0 saturated carbocycles. The SMILES string of the molecule is COC(=O)NC(C(=O)N1CCCC1c1ncc(-c2ccc(-c3cnc(C4CCCN4C(=O)[C@@H](NC(=O)OC)C(C)C)[nH]3)cc2)[nH]1)C(C)C. The van der Waals surface area contributed by atoms with Crippen LogP contribution in [0.4, 0.5) is 9.59 Å². The summed E-state index contributed by atoms with van der Waals surface area (Å²) in [7, 11) is 2.56. The molecule has 5 rings (SSSR count). The molecule has 14 heteroatoms. The van der Waals surface area contributed by atoms with Gasteiger partial charge in [-0.2, -0.15) is 0 Å². The van der Waals surface area contributed by atoms with E-state index in [1.54, 1.807) is 22.2 Å². The van der Waals surface area contributed by atoms with Gasteiger partial charge < -0.3 is 39.9 Å². The average molecular weight is 663 g/mol. The summed E-state index contributed by atoms with van der Waals surface area (Å²) in [5.41, 5.74) is 3.53. The summed E-state index contributed by atoms with van der Waals surface area (Å²) in [5.74, 6) is 0.888. The molecule has 4 heterocycles. The number of alkyl carbamates (subject to hydrolysis) is 2. The lowest BCUT2D eigenvalue weighted by Gasteiger charge is -2.30. The van der Waals surface area contributed by atoms with E-state index in [2.05, 4.69) is 30.6 Å². The third-order valence-electron chi connectivity index (χ3n) is 9.18. The van der Waals surface area contributed by atoms with E-state index in [1.807, 2.05) is 52.0 Å². The third kappa shape index (κ3) is 7.32. The van der Waals surface area contributed by atoms with Crippen LogP contribution >= 0.6 is 0 Å². The Kier molecular flexibility index (Phi) is 10.7. The number of methoxy groups -OCH3 is 2. The number of aromatic nitrogens is 4. The second-order valence-electron chi connectivity index (χ2n) is 13.0. The van der Waals surface area contributed by atoms with Gasteiger partial charge in [-0.15, -0.1) is 0 Å². The molecule has 48 heavy (non-hydrogen) atoms. The van der Waals surface area contributed by atoms with Gasteiger partial charge in [-0.05, 0) is 48.6 Å². The summed E-state index contributed by atoms with van der Waals surface area (Å²) in [6, 6.07) is 6.16. The van der Waals surface area contributed by atoms with Gasteiger partial charge in [-0.25, -0.2) is 19.6 Å². The van der Waals surface area contributed by atoms with Crippen molar-refractivity contribution < 1.29 is 28.7 Å². The molecule has 4 amide bonds. The smallest absolute Gasteiger partial charge is 0.407 e. The van der Waals surface area contributed by atoms with Crippen LogP contribution in [-0.4, -0.2) is 93.1 Å². The van der Waals surface area contributed by atoms with Gasteiger partial charge >= 0.3 is 12.2 Å². The highest BCUT2D eigenvalue weighted by atomic mass is 16.5. The summed E-state index contributed by atoms with van der Waals surface area (Å²) >= 11 is 0.